The van der Waals surface area contributed by atoms with Crippen LogP contribution in [0, 0.1) is 0 Å². The van der Waals surface area contributed by atoms with Gasteiger partial charge < -0.3 is 9.67 Å². The van der Waals surface area contributed by atoms with E-state index in [-0.39, 0.29) is 6.42 Å². The molecule has 1 N–H and O–H groups in total. The maximum atomic E-state index is 13.4. The van der Waals surface area contributed by atoms with Crippen molar-refractivity contribution in [1.82, 2.24) is 18.7 Å². The molecule has 0 saturated heterocycles. The first-order chi connectivity index (χ1) is 17.0. The molecular weight excluding hydrogens is 296 g/mol. The van der Waals surface area contributed by atoms with Gasteiger partial charge in [-0.05, 0) is 39.2 Å². The second kappa shape index (κ2) is 6.70. The molecule has 0 aliphatic heterocycles. The van der Waals surface area contributed by atoms with Crippen LogP contribution in [0.5, 0.6) is 0 Å². The zero-order chi connectivity index (χ0) is 31.2. The molecule has 23 heavy (non-hydrogen) atoms. The zero-order valence-corrected chi connectivity index (χ0v) is 12.3. The molecule has 0 fully saturated rings. The van der Waals surface area contributed by atoms with Crippen LogP contribution >= 0.6 is 0 Å². The summed E-state index contributed by atoms with van der Waals surface area (Å²) in [6.07, 6.45) is -13.1. The average molecular weight is 342 g/mol. The Labute approximate surface area is 157 Å². The monoisotopic (exact) mass is 341 g/mol. The minimum Gasteiger partial charge on any atom is -0.390 e. The zero-order valence-electron chi connectivity index (χ0n) is 28.3. The van der Waals surface area contributed by atoms with Crippen LogP contribution in [0.25, 0.3) is 11.2 Å². The molecule has 0 bridgehead atoms. The molecular formula is C16H26N4O3. The summed E-state index contributed by atoms with van der Waals surface area (Å²) in [5, 5.41) is 10.7. The van der Waals surface area contributed by atoms with E-state index < -0.39 is 78.4 Å². The van der Waals surface area contributed by atoms with E-state index in [4.69, 9.17) is 21.9 Å². The fourth-order valence-corrected chi connectivity index (χ4v) is 1.81. The van der Waals surface area contributed by atoms with Gasteiger partial charge >= 0.3 is 5.69 Å². The SMILES string of the molecule is [2H]C([2H])(CC)n1cnc2c1c(=O)n(C([2H])([2H])C([2H])([2H])C([2H])([2H])C([2H])([2H])C(O)(C([2H])([2H])[2H])C([3H])([3H])[3H])c(=O)n2C. The standard InChI is InChI=1S/C16H26N4O3/c1-5-9-19-11-17-13-12(19)14(21)20(15(22)18(13)4)10-7-6-8-16(2,3)23/h11,23H,5-10H2,1-4H3/i2D3,3T3,6D2,7D2,8D2,9D2,10D2. The van der Waals surface area contributed by atoms with Crippen LogP contribution in [-0.2, 0) is 20.0 Å². The summed E-state index contributed by atoms with van der Waals surface area (Å²) in [7, 11) is 0.959. The van der Waals surface area contributed by atoms with Crippen molar-refractivity contribution in [3.63, 3.8) is 0 Å². The lowest BCUT2D eigenvalue weighted by molar-refractivity contribution is 0.0678. The van der Waals surface area contributed by atoms with Crippen molar-refractivity contribution in [1.29, 1.82) is 0 Å². The quantitative estimate of drug-likeness (QED) is 0.821. The lowest BCUT2D eigenvalue weighted by atomic mass is 10.0. The third-order valence-corrected chi connectivity index (χ3v) is 2.75. The van der Waals surface area contributed by atoms with Crippen LogP contribution < -0.4 is 11.2 Å². The van der Waals surface area contributed by atoms with E-state index in [1.807, 2.05) is 0 Å². The van der Waals surface area contributed by atoms with E-state index in [2.05, 4.69) is 4.98 Å². The van der Waals surface area contributed by atoms with E-state index in [0.29, 0.717) is 9.13 Å². The van der Waals surface area contributed by atoms with Crippen molar-refractivity contribution >= 4 is 11.2 Å². The van der Waals surface area contributed by atoms with E-state index in [9.17, 15) is 14.7 Å². The summed E-state index contributed by atoms with van der Waals surface area (Å²) >= 11 is 0. The molecule has 0 aliphatic carbocycles. The van der Waals surface area contributed by atoms with E-state index in [1.54, 1.807) is 0 Å². The lowest BCUT2D eigenvalue weighted by Gasteiger charge is -2.16. The number of aliphatic hydroxyl groups is 1. The van der Waals surface area contributed by atoms with E-state index in [0.717, 1.165) is 13.4 Å². The number of hydrogen-bond donors (Lipinski definition) is 1. The highest BCUT2D eigenvalue weighted by Crippen LogP contribution is 2.12. The van der Waals surface area contributed by atoms with Crippen LogP contribution in [-0.4, -0.2) is 29.4 Å². The molecule has 2 aromatic rings. The van der Waals surface area contributed by atoms with Gasteiger partial charge in [-0.1, -0.05) is 6.92 Å². The highest BCUT2D eigenvalue weighted by molar-refractivity contribution is 5.69. The summed E-state index contributed by atoms with van der Waals surface area (Å²) in [5.41, 5.74) is -9.13. The lowest BCUT2D eigenvalue weighted by Crippen LogP contribution is -2.39. The Balaban J connectivity index is 3.01. The molecule has 2 heterocycles. The van der Waals surface area contributed by atoms with Gasteiger partial charge in [-0.25, -0.2) is 9.78 Å². The van der Waals surface area contributed by atoms with Crippen LogP contribution in [0.15, 0.2) is 15.9 Å². The third kappa shape index (κ3) is 3.72. The van der Waals surface area contributed by atoms with Crippen LogP contribution in [0.1, 0.15) is 68.1 Å². The predicted octanol–water partition coefficient (Wildman–Crippen LogP) is 1.25. The van der Waals surface area contributed by atoms with Gasteiger partial charge in [0.05, 0.1) is 14.7 Å². The first kappa shape index (κ1) is 5.88. The van der Waals surface area contributed by atoms with Crippen molar-refractivity contribution < 1.29 is 27.0 Å². The topological polar surface area (TPSA) is 82.1 Å². The largest absolute Gasteiger partial charge is 0.390 e. The van der Waals surface area contributed by atoms with Crippen molar-refractivity contribution in [3.05, 3.63) is 27.2 Å². The predicted molar refractivity (Wildman–Crippen MR) is 89.7 cm³/mol. The van der Waals surface area contributed by atoms with Crippen LogP contribution in [0.2, 0.25) is 0 Å². The smallest absolute Gasteiger partial charge is 0.332 e. The number of aryl methyl sites for hydroxylation is 2. The first-order valence-electron chi connectivity index (χ1n) is 14.4. The van der Waals surface area contributed by atoms with Crippen LogP contribution in [0.4, 0.5) is 0 Å². The minimum absolute atomic E-state index is 0.250. The third-order valence-electron chi connectivity index (χ3n) is 2.75. The molecule has 1 unspecified atom stereocenters. The minimum atomic E-state index is -4.62. The number of rotatable bonds is 7. The molecule has 2 aromatic heterocycles. The number of fused-ring (bicyclic) bond motifs is 1. The van der Waals surface area contributed by atoms with E-state index in [1.165, 1.54) is 6.92 Å². The van der Waals surface area contributed by atoms with Crippen molar-refractivity contribution in [2.45, 2.75) is 64.8 Å². The highest BCUT2D eigenvalue weighted by atomic mass is 16.3. The second-order valence-corrected chi connectivity index (χ2v) is 4.48. The highest BCUT2D eigenvalue weighted by Gasteiger charge is 2.16. The number of aromatic nitrogens is 4. The maximum absolute atomic E-state index is 13.4. The number of imidazole rings is 1. The van der Waals surface area contributed by atoms with Crippen molar-refractivity contribution in [2.75, 3.05) is 0 Å². The Morgan fingerprint density at radius 1 is 1.48 bits per heavy atom. The van der Waals surface area contributed by atoms with Crippen molar-refractivity contribution in [2.24, 2.45) is 7.05 Å². The summed E-state index contributed by atoms with van der Waals surface area (Å²) < 4.78 is 127. The average Bonchev–Trinajstić information content (AvgIpc) is 3.21. The normalized spacial score (nSPS) is 28.8. The molecule has 1 atom stereocenters. The van der Waals surface area contributed by atoms with Gasteiger partial charge in [0, 0.05) is 39.2 Å². The Morgan fingerprint density at radius 3 is 2.91 bits per heavy atom. The van der Waals surface area contributed by atoms with Crippen LogP contribution in [0.3, 0.4) is 0 Å². The van der Waals surface area contributed by atoms with Gasteiger partial charge in [-0.2, -0.15) is 0 Å². The molecule has 0 radical (unpaired) electrons. The van der Waals surface area contributed by atoms with Crippen molar-refractivity contribution in [3.8, 4) is 0 Å². The molecule has 0 aliphatic rings. The molecule has 0 amide bonds. The molecule has 7 nitrogen and oxygen atoms in total. The summed E-state index contributed by atoms with van der Waals surface area (Å²) in [4.78, 5) is 30.2. The summed E-state index contributed by atoms with van der Waals surface area (Å²) in [6.45, 7) is -13.6. The van der Waals surface area contributed by atoms with Gasteiger partial charge in [0.15, 0.2) is 11.2 Å². The molecule has 2 rings (SSSR count). The fraction of sp³-hybridized carbons (Fsp3) is 0.688. The second-order valence-electron chi connectivity index (χ2n) is 4.48. The summed E-state index contributed by atoms with van der Waals surface area (Å²) in [5.74, 6) is 0. The Morgan fingerprint density at radius 2 is 2.26 bits per heavy atom. The Kier molecular flexibility index (Phi) is 1.71. The molecule has 7 heteroatoms. The fourth-order valence-electron chi connectivity index (χ4n) is 1.81. The Bertz CT molecular complexity index is 1370. The van der Waals surface area contributed by atoms with Gasteiger partial charge in [0.1, 0.15) is 0 Å². The van der Waals surface area contributed by atoms with Gasteiger partial charge in [0.25, 0.3) is 5.56 Å². The first-order valence-corrected chi connectivity index (χ1v) is 6.44. The Hall–Kier alpha value is -1.89. The van der Waals surface area contributed by atoms with Gasteiger partial charge in [0.2, 0.25) is 0 Å². The van der Waals surface area contributed by atoms with Gasteiger partial charge in [-0.15, -0.1) is 0 Å². The molecule has 0 spiro atoms. The number of hydrogen-bond acceptors (Lipinski definition) is 4. The summed E-state index contributed by atoms with van der Waals surface area (Å²) in [6, 6.07) is 0. The maximum Gasteiger partial charge on any atom is 0.332 e. The molecule has 0 saturated carbocycles. The van der Waals surface area contributed by atoms with E-state index >= 15 is 0 Å². The van der Waals surface area contributed by atoms with Gasteiger partial charge in [-0.3, -0.25) is 13.9 Å². The number of nitrogens with zero attached hydrogens (tertiary/aromatic N) is 4. The molecule has 128 valence electrons. The molecule has 0 aromatic carbocycles.